The monoisotopic (exact) mass is 507 g/mol. The van der Waals surface area contributed by atoms with Crippen LogP contribution in [0.15, 0.2) is 0 Å². The van der Waals surface area contributed by atoms with Crippen LogP contribution in [0.25, 0.3) is 0 Å². The van der Waals surface area contributed by atoms with E-state index in [1.807, 2.05) is 0 Å². The number of nitrogens with two attached hydrogens (primary N) is 1. The molecule has 0 aliphatic carbocycles. The minimum absolute atomic E-state index is 0.189. The molecule has 33 heavy (non-hydrogen) atoms. The molecule has 0 saturated carbocycles. The fourth-order valence-corrected chi connectivity index (χ4v) is 9.57. The van der Waals surface area contributed by atoms with Gasteiger partial charge in [0.25, 0.3) is 0 Å². The second-order valence-corrected chi connectivity index (χ2v) is 14.9. The van der Waals surface area contributed by atoms with Crippen LogP contribution in [-0.4, -0.2) is 96.1 Å². The summed E-state index contributed by atoms with van der Waals surface area (Å²) in [5.41, 5.74) is 5.50. The first-order valence-corrected chi connectivity index (χ1v) is 13.3. The summed E-state index contributed by atoms with van der Waals surface area (Å²) in [6.45, 7) is 4.06. The number of carbonyl (C=O) groups excluding carboxylic acids is 4. The van der Waals surface area contributed by atoms with Gasteiger partial charge >= 0.3 is 11.9 Å². The molecule has 184 valence electrons. The number of sulfone groups is 2. The van der Waals surface area contributed by atoms with Gasteiger partial charge in [-0.1, -0.05) is 0 Å². The van der Waals surface area contributed by atoms with Crippen LogP contribution < -0.4 is 5.73 Å². The molecule has 0 unspecified atom stereocenters. The summed E-state index contributed by atoms with van der Waals surface area (Å²) in [6, 6.07) is -2.88. The molecule has 0 aromatic carbocycles. The number of nitrogens with zero attached hydrogens (tertiary/aromatic N) is 2. The Bertz CT molecular complexity index is 1180. The number of rotatable bonds is 5. The molecule has 2 amide bonds. The average molecular weight is 508 g/mol. The fourth-order valence-electron chi connectivity index (χ4n) is 5.12. The summed E-state index contributed by atoms with van der Waals surface area (Å²) < 4.78 is 57.5. The van der Waals surface area contributed by atoms with Gasteiger partial charge in [-0.2, -0.15) is 0 Å². The van der Waals surface area contributed by atoms with Crippen LogP contribution in [0.5, 0.6) is 0 Å². The first-order chi connectivity index (χ1) is 15.0. The largest absolute Gasteiger partial charge is 0.426 e. The summed E-state index contributed by atoms with van der Waals surface area (Å²) >= 11 is 0. The molecule has 4 fully saturated rings. The molecule has 0 bridgehead atoms. The van der Waals surface area contributed by atoms with Crippen molar-refractivity contribution in [3.05, 3.63) is 0 Å². The maximum Gasteiger partial charge on any atom is 0.333 e. The SMILES string of the molecule is CC1(C)[C@H](C(=O)OCOC(=O)[C@@H]2N3C(=O)[C@H](CN)[C@H]3S(=O)(=O)C2(C)C)N2C(=O)C[C@H]2S1(=O)=O. The third kappa shape index (κ3) is 2.72. The predicted octanol–water partition coefficient (Wildman–Crippen LogP) is -2.52. The van der Waals surface area contributed by atoms with Crippen LogP contribution in [0.3, 0.4) is 0 Å². The molecule has 0 aromatic rings. The smallest absolute Gasteiger partial charge is 0.333 e. The van der Waals surface area contributed by atoms with Crippen molar-refractivity contribution in [2.75, 3.05) is 13.3 Å². The maximum atomic E-state index is 12.9. The van der Waals surface area contributed by atoms with Crippen molar-refractivity contribution >= 4 is 43.4 Å². The number of esters is 2. The van der Waals surface area contributed by atoms with Crippen molar-refractivity contribution in [2.24, 2.45) is 11.7 Å². The number of hydrogen-bond donors (Lipinski definition) is 1. The highest BCUT2D eigenvalue weighted by Crippen LogP contribution is 2.49. The average Bonchev–Trinajstić information content (AvgIpc) is 2.92. The molecule has 5 atom stereocenters. The highest BCUT2D eigenvalue weighted by Gasteiger charge is 2.72. The van der Waals surface area contributed by atoms with Gasteiger partial charge in [0.15, 0.2) is 19.7 Å². The van der Waals surface area contributed by atoms with E-state index in [0.717, 1.165) is 9.80 Å². The Labute approximate surface area is 190 Å². The van der Waals surface area contributed by atoms with E-state index in [1.54, 1.807) is 0 Å². The molecule has 13 nitrogen and oxygen atoms in total. The molecule has 4 heterocycles. The lowest BCUT2D eigenvalue weighted by Gasteiger charge is -2.42. The Kier molecular flexibility index (Phi) is 4.98. The molecule has 0 spiro atoms. The molecular formula is C18H25N3O10S2. The second kappa shape index (κ2) is 6.88. The first kappa shape index (κ1) is 23.9. The van der Waals surface area contributed by atoms with Gasteiger partial charge in [0.2, 0.25) is 18.6 Å². The summed E-state index contributed by atoms with van der Waals surface area (Å²) in [4.78, 5) is 51.5. The fraction of sp³-hybridized carbons (Fsp3) is 0.778. The van der Waals surface area contributed by atoms with E-state index < -0.39 is 88.5 Å². The minimum Gasteiger partial charge on any atom is -0.426 e. The lowest BCUT2D eigenvalue weighted by Crippen LogP contribution is -2.65. The zero-order chi connectivity index (χ0) is 24.9. The van der Waals surface area contributed by atoms with E-state index in [1.165, 1.54) is 27.7 Å². The number of carbonyl (C=O) groups is 4. The number of ether oxygens (including phenoxy) is 2. The topological polar surface area (TPSA) is 188 Å². The van der Waals surface area contributed by atoms with Crippen molar-refractivity contribution in [1.82, 2.24) is 9.80 Å². The molecule has 0 aromatic heterocycles. The van der Waals surface area contributed by atoms with Gasteiger partial charge in [-0.05, 0) is 27.7 Å². The van der Waals surface area contributed by atoms with Crippen LogP contribution in [0.2, 0.25) is 0 Å². The quantitative estimate of drug-likeness (QED) is 0.235. The molecule has 4 rings (SSSR count). The Morgan fingerprint density at radius 1 is 0.939 bits per heavy atom. The number of β-lactam (4-membered cyclic amide) rings is 2. The van der Waals surface area contributed by atoms with E-state index in [9.17, 15) is 36.0 Å². The third-order valence-corrected chi connectivity index (χ3v) is 12.9. The van der Waals surface area contributed by atoms with Gasteiger partial charge in [-0.3, -0.25) is 9.59 Å². The van der Waals surface area contributed by atoms with Gasteiger partial charge in [0.1, 0.15) is 22.8 Å². The van der Waals surface area contributed by atoms with Gasteiger partial charge in [0, 0.05) is 6.54 Å². The van der Waals surface area contributed by atoms with Gasteiger partial charge < -0.3 is 25.0 Å². The highest BCUT2D eigenvalue weighted by atomic mass is 32.2. The molecule has 0 radical (unpaired) electrons. The van der Waals surface area contributed by atoms with Crippen molar-refractivity contribution in [2.45, 2.75) is 66.4 Å². The summed E-state index contributed by atoms with van der Waals surface area (Å²) in [5.74, 6) is -4.22. The predicted molar refractivity (Wildman–Crippen MR) is 109 cm³/mol. The van der Waals surface area contributed by atoms with E-state index in [-0.39, 0.29) is 13.0 Å². The second-order valence-electron chi connectivity index (χ2n) is 9.58. The van der Waals surface area contributed by atoms with E-state index >= 15 is 0 Å². The van der Waals surface area contributed by atoms with Crippen molar-refractivity contribution in [3.8, 4) is 0 Å². The molecule has 15 heteroatoms. The van der Waals surface area contributed by atoms with Crippen LogP contribution >= 0.6 is 0 Å². The van der Waals surface area contributed by atoms with Crippen molar-refractivity contribution < 1.29 is 45.5 Å². The normalized spacial score (nSPS) is 36.3. The zero-order valence-electron chi connectivity index (χ0n) is 18.4. The Hall–Kier alpha value is -2.26. The number of hydrogen-bond acceptors (Lipinski definition) is 11. The lowest BCUT2D eigenvalue weighted by molar-refractivity contribution is -0.182. The van der Waals surface area contributed by atoms with Crippen LogP contribution in [-0.2, 0) is 48.3 Å². The maximum absolute atomic E-state index is 12.9. The minimum atomic E-state index is -3.94. The van der Waals surface area contributed by atoms with Gasteiger partial charge in [-0.15, -0.1) is 0 Å². The lowest BCUT2D eigenvalue weighted by atomic mass is 9.92. The van der Waals surface area contributed by atoms with Crippen LogP contribution in [0, 0.1) is 5.92 Å². The van der Waals surface area contributed by atoms with E-state index in [4.69, 9.17) is 15.2 Å². The molecule has 4 aliphatic rings. The molecule has 4 saturated heterocycles. The van der Waals surface area contributed by atoms with E-state index in [0.29, 0.717) is 0 Å². The van der Waals surface area contributed by atoms with Gasteiger partial charge in [0.05, 0.1) is 21.8 Å². The summed E-state index contributed by atoms with van der Waals surface area (Å²) in [5, 5.41) is -2.33. The number of fused-ring (bicyclic) bond motifs is 2. The van der Waals surface area contributed by atoms with Crippen LogP contribution in [0.1, 0.15) is 34.1 Å². The van der Waals surface area contributed by atoms with Crippen molar-refractivity contribution in [1.29, 1.82) is 0 Å². The number of amides is 2. The van der Waals surface area contributed by atoms with E-state index in [2.05, 4.69) is 0 Å². The molecular weight excluding hydrogens is 482 g/mol. The summed E-state index contributed by atoms with van der Waals surface area (Å²) in [6.07, 6.45) is -0.218. The molecule has 4 aliphatic heterocycles. The Morgan fingerprint density at radius 2 is 1.42 bits per heavy atom. The highest BCUT2D eigenvalue weighted by molar-refractivity contribution is 7.94. The Balaban J connectivity index is 1.45. The first-order valence-electron chi connectivity index (χ1n) is 10.2. The van der Waals surface area contributed by atoms with Gasteiger partial charge in [-0.25, -0.2) is 26.4 Å². The zero-order valence-corrected chi connectivity index (χ0v) is 20.0. The van der Waals surface area contributed by atoms with Crippen LogP contribution in [0.4, 0.5) is 0 Å². The third-order valence-electron chi connectivity index (χ3n) is 7.26. The molecule has 2 N–H and O–H groups in total. The standard InChI is InChI=1S/C18H25N3O10S2/c1-17(2)11(20-9(22)5-10(20)32(17,26)27)15(24)30-7-31-16(25)12-18(3,4)33(28,29)14-8(6-19)13(23)21(12)14/h8,10-12,14H,5-7,19H2,1-4H3/t8-,10+,11-,12-,14+/m0/s1. The van der Waals surface area contributed by atoms with Crippen molar-refractivity contribution in [3.63, 3.8) is 0 Å². The summed E-state index contributed by atoms with van der Waals surface area (Å²) in [7, 11) is -7.76. The Morgan fingerprint density at radius 3 is 1.91 bits per heavy atom.